The zero-order valence-corrected chi connectivity index (χ0v) is 19.2. The van der Waals surface area contributed by atoms with E-state index >= 15 is 0 Å². The quantitative estimate of drug-likeness (QED) is 0.340. The molecule has 8 heteroatoms. The summed E-state index contributed by atoms with van der Waals surface area (Å²) in [5, 5.41) is -1.00. The van der Waals surface area contributed by atoms with Gasteiger partial charge < -0.3 is 9.47 Å². The first kappa shape index (κ1) is 22.7. The fourth-order valence-corrected chi connectivity index (χ4v) is 6.36. The third-order valence-corrected chi connectivity index (χ3v) is 8.16. The van der Waals surface area contributed by atoms with Crippen molar-refractivity contribution in [1.82, 2.24) is 0 Å². The van der Waals surface area contributed by atoms with E-state index in [0.717, 1.165) is 6.42 Å². The molecule has 0 amide bonds. The number of ketones is 1. The summed E-state index contributed by atoms with van der Waals surface area (Å²) in [7, 11) is 0.173. The fourth-order valence-electron chi connectivity index (χ4n) is 3.96. The molecule has 0 N–H and O–H groups in total. The van der Waals surface area contributed by atoms with Gasteiger partial charge in [-0.15, -0.1) is 0 Å². The molecule has 1 aliphatic rings. The maximum Gasteiger partial charge on any atom is 0.250 e. The van der Waals surface area contributed by atoms with Gasteiger partial charge in [0.15, 0.2) is 13.6 Å². The molecular formula is C22H22Cl2O5P. The number of rotatable bonds is 7. The molecule has 1 saturated carbocycles. The summed E-state index contributed by atoms with van der Waals surface area (Å²) in [6, 6.07) is 9.63. The van der Waals surface area contributed by atoms with Gasteiger partial charge >= 0.3 is 0 Å². The average Bonchev–Trinajstić information content (AvgIpc) is 2.77. The number of carbonyl (C=O) groups is 2. The molecule has 2 aromatic carbocycles. The largest absolute Gasteiger partial charge is 0.496 e. The summed E-state index contributed by atoms with van der Waals surface area (Å²) in [6.45, 7) is 0. The lowest BCUT2D eigenvalue weighted by molar-refractivity contribution is 0.0903. The number of methoxy groups -OCH3 is 2. The highest BCUT2D eigenvalue weighted by Gasteiger charge is 2.50. The first-order chi connectivity index (χ1) is 14.4. The lowest BCUT2D eigenvalue weighted by Gasteiger charge is -2.34. The predicted octanol–water partition coefficient (Wildman–Crippen LogP) is 6.56. The molecule has 30 heavy (non-hydrogen) atoms. The van der Waals surface area contributed by atoms with Crippen LogP contribution in [0.25, 0.3) is 0 Å². The van der Waals surface area contributed by atoms with Gasteiger partial charge in [-0.1, -0.05) is 54.6 Å². The monoisotopic (exact) mass is 467 g/mol. The lowest BCUT2D eigenvalue weighted by Crippen LogP contribution is -2.39. The molecule has 3 rings (SSSR count). The fraction of sp³-hybridized carbons (Fsp3) is 0.364. The van der Waals surface area contributed by atoms with E-state index in [0.29, 0.717) is 25.7 Å². The average molecular weight is 468 g/mol. The third kappa shape index (κ3) is 3.99. The molecule has 1 fully saturated rings. The van der Waals surface area contributed by atoms with Gasteiger partial charge in [0.2, 0.25) is 5.52 Å². The normalized spacial score (nSPS) is 15.9. The van der Waals surface area contributed by atoms with Crippen molar-refractivity contribution in [2.24, 2.45) is 0 Å². The van der Waals surface area contributed by atoms with Gasteiger partial charge in [0, 0.05) is 0 Å². The van der Waals surface area contributed by atoms with Crippen molar-refractivity contribution in [3.8, 4) is 11.5 Å². The summed E-state index contributed by atoms with van der Waals surface area (Å²) in [5.74, 6) is 0.0508. The summed E-state index contributed by atoms with van der Waals surface area (Å²) in [6.07, 6.45) is 2.93. The Hall–Kier alpha value is -1.94. The van der Waals surface area contributed by atoms with E-state index in [9.17, 15) is 14.2 Å². The van der Waals surface area contributed by atoms with Gasteiger partial charge in [0.25, 0.3) is 0 Å². The highest BCUT2D eigenvalue weighted by molar-refractivity contribution is 7.67. The molecule has 0 bridgehead atoms. The molecule has 0 saturated heterocycles. The van der Waals surface area contributed by atoms with Crippen LogP contribution in [0.3, 0.4) is 0 Å². The van der Waals surface area contributed by atoms with Crippen molar-refractivity contribution in [2.45, 2.75) is 37.3 Å². The van der Waals surface area contributed by atoms with E-state index in [-0.39, 0.29) is 32.7 Å². The number of Topliss-reactive ketones (excluding diaryl/α,β-unsaturated/α-hetero) is 1. The van der Waals surface area contributed by atoms with E-state index in [4.69, 9.17) is 32.7 Å². The van der Waals surface area contributed by atoms with Crippen LogP contribution >= 0.6 is 31.0 Å². The van der Waals surface area contributed by atoms with Gasteiger partial charge in [0.1, 0.15) is 22.2 Å². The Morgan fingerprint density at radius 1 is 0.867 bits per heavy atom. The summed E-state index contributed by atoms with van der Waals surface area (Å²) < 4.78 is 24.4. The minimum Gasteiger partial charge on any atom is -0.496 e. The molecular weight excluding hydrogens is 446 g/mol. The van der Waals surface area contributed by atoms with Crippen molar-refractivity contribution < 1.29 is 23.6 Å². The molecule has 0 aliphatic heterocycles. The molecule has 1 unspecified atom stereocenters. The van der Waals surface area contributed by atoms with Crippen molar-refractivity contribution in [3.05, 3.63) is 57.6 Å². The molecule has 1 radical (unpaired) electrons. The molecule has 0 aromatic heterocycles. The maximum absolute atomic E-state index is 13.8. The molecule has 1 aliphatic carbocycles. The minimum atomic E-state index is -2.67. The van der Waals surface area contributed by atoms with Crippen LogP contribution in [-0.4, -0.2) is 30.7 Å². The lowest BCUT2D eigenvalue weighted by atomic mass is 9.82. The first-order valence-corrected chi connectivity index (χ1v) is 11.6. The van der Waals surface area contributed by atoms with Crippen LogP contribution < -0.4 is 9.47 Å². The van der Waals surface area contributed by atoms with Crippen LogP contribution in [0.4, 0.5) is 0 Å². The maximum atomic E-state index is 13.8. The Morgan fingerprint density at radius 2 is 1.37 bits per heavy atom. The Morgan fingerprint density at radius 3 is 1.87 bits per heavy atom. The number of halogens is 2. The first-order valence-electron chi connectivity index (χ1n) is 9.59. The summed E-state index contributed by atoms with van der Waals surface area (Å²) >= 11 is 12.6. The molecule has 5 nitrogen and oxygen atoms in total. The zero-order chi connectivity index (χ0) is 21.9. The van der Waals surface area contributed by atoms with Crippen LogP contribution in [0.15, 0.2) is 36.4 Å². The number of benzene rings is 2. The van der Waals surface area contributed by atoms with Crippen molar-refractivity contribution in [2.75, 3.05) is 14.2 Å². The Kier molecular flexibility index (Phi) is 7.18. The van der Waals surface area contributed by atoms with E-state index in [1.54, 1.807) is 36.4 Å². The van der Waals surface area contributed by atoms with Gasteiger partial charge in [-0.05, 0) is 37.1 Å². The standard InChI is InChI=1S/C22H22Cl2O5P/c1-28-16-10-7-11-17(29-2)19(16)21(26)30(27)22(12-4-3-5-13-22)20(25)18-14(23)8-6-9-15(18)24/h6-11H,3-5,12-13H2,1-2H3. The molecule has 0 heterocycles. The topological polar surface area (TPSA) is 69.7 Å². The SMILES string of the molecule is COc1cccc(OC)c1C(=O)[P](=O)C1(C(=O)c2c(Cl)cccc2Cl)CCCCC1. The smallest absolute Gasteiger partial charge is 0.250 e. The third-order valence-electron chi connectivity index (χ3n) is 5.51. The van der Waals surface area contributed by atoms with E-state index < -0.39 is 24.3 Å². The predicted molar refractivity (Wildman–Crippen MR) is 118 cm³/mol. The van der Waals surface area contributed by atoms with Crippen LogP contribution in [0.2, 0.25) is 10.0 Å². The van der Waals surface area contributed by atoms with E-state index in [1.807, 2.05) is 0 Å². The summed E-state index contributed by atoms with van der Waals surface area (Å²) in [5.41, 5.74) is -0.477. The molecule has 2 aromatic rings. The minimum absolute atomic E-state index is 0.0756. The van der Waals surface area contributed by atoms with Crippen LogP contribution in [-0.2, 0) is 4.57 Å². The highest BCUT2D eigenvalue weighted by Crippen LogP contribution is 2.55. The van der Waals surface area contributed by atoms with Gasteiger partial charge in [0.05, 0.1) is 29.8 Å². The zero-order valence-electron chi connectivity index (χ0n) is 16.7. The summed E-state index contributed by atoms with van der Waals surface area (Å²) in [4.78, 5) is 27.1. The van der Waals surface area contributed by atoms with Crippen LogP contribution in [0.1, 0.15) is 52.8 Å². The van der Waals surface area contributed by atoms with Gasteiger partial charge in [-0.2, -0.15) is 0 Å². The number of hydrogen-bond donors (Lipinski definition) is 0. The van der Waals surface area contributed by atoms with Crippen molar-refractivity contribution in [3.63, 3.8) is 0 Å². The second-order valence-corrected chi connectivity index (χ2v) is 9.82. The molecule has 159 valence electrons. The molecule has 0 spiro atoms. The Labute approximate surface area is 186 Å². The highest BCUT2D eigenvalue weighted by atomic mass is 35.5. The van der Waals surface area contributed by atoms with Gasteiger partial charge in [-0.25, -0.2) is 0 Å². The van der Waals surface area contributed by atoms with E-state index in [1.165, 1.54) is 14.2 Å². The van der Waals surface area contributed by atoms with Gasteiger partial charge in [-0.3, -0.25) is 14.2 Å². The second kappa shape index (κ2) is 9.47. The molecule has 1 atom stereocenters. The van der Waals surface area contributed by atoms with E-state index in [2.05, 4.69) is 0 Å². The number of hydrogen-bond acceptors (Lipinski definition) is 5. The van der Waals surface area contributed by atoms with Crippen molar-refractivity contribution in [1.29, 1.82) is 0 Å². The van der Waals surface area contributed by atoms with Crippen LogP contribution in [0.5, 0.6) is 11.5 Å². The second-order valence-electron chi connectivity index (χ2n) is 7.16. The Balaban J connectivity index is 2.12. The van der Waals surface area contributed by atoms with Crippen LogP contribution in [0, 0.1) is 0 Å². The number of carbonyl (C=O) groups excluding carboxylic acids is 2. The Bertz CT molecular complexity index is 957. The number of ether oxygens (including phenoxy) is 2. The van der Waals surface area contributed by atoms with Crippen molar-refractivity contribution >= 4 is 42.3 Å².